The molecular formula is C15H25NO2. The van der Waals surface area contributed by atoms with Crippen molar-refractivity contribution >= 4 is 5.91 Å². The van der Waals surface area contributed by atoms with Gasteiger partial charge in [-0.15, -0.1) is 0 Å². The number of amides is 1. The van der Waals surface area contributed by atoms with E-state index in [1.807, 2.05) is 4.90 Å². The molecule has 0 aromatic rings. The van der Waals surface area contributed by atoms with Gasteiger partial charge >= 0.3 is 0 Å². The van der Waals surface area contributed by atoms with Crippen LogP contribution in [0.5, 0.6) is 0 Å². The maximum Gasteiger partial charge on any atom is 0.226 e. The Balaban J connectivity index is 2.01. The third-order valence-corrected chi connectivity index (χ3v) is 4.55. The van der Waals surface area contributed by atoms with E-state index < -0.39 is 0 Å². The molecule has 0 aromatic carbocycles. The van der Waals surface area contributed by atoms with Gasteiger partial charge in [-0.3, -0.25) is 4.79 Å². The van der Waals surface area contributed by atoms with Crippen molar-refractivity contribution in [2.75, 3.05) is 19.7 Å². The fourth-order valence-corrected chi connectivity index (χ4v) is 3.20. The summed E-state index contributed by atoms with van der Waals surface area (Å²) in [7, 11) is 0. The smallest absolute Gasteiger partial charge is 0.226 e. The van der Waals surface area contributed by atoms with Crippen molar-refractivity contribution in [1.82, 2.24) is 4.90 Å². The van der Waals surface area contributed by atoms with Gasteiger partial charge in [0.05, 0.1) is 5.92 Å². The van der Waals surface area contributed by atoms with Crippen molar-refractivity contribution in [1.29, 1.82) is 0 Å². The van der Waals surface area contributed by atoms with E-state index in [2.05, 4.69) is 33.8 Å². The zero-order chi connectivity index (χ0) is 13.5. The lowest BCUT2D eigenvalue weighted by Gasteiger charge is -2.17. The number of hydrogen-bond acceptors (Lipinski definition) is 2. The van der Waals surface area contributed by atoms with Crippen molar-refractivity contribution in [3.05, 3.63) is 11.6 Å². The van der Waals surface area contributed by atoms with Gasteiger partial charge in [0, 0.05) is 25.6 Å². The predicted molar refractivity (Wildman–Crippen MR) is 72.0 cm³/mol. The third kappa shape index (κ3) is 2.33. The Hall–Kier alpha value is -0.830. The second-order valence-electron chi connectivity index (χ2n) is 6.69. The van der Waals surface area contributed by atoms with E-state index in [1.54, 1.807) is 0 Å². The number of likely N-dealkylation sites (tertiary alicyclic amines) is 1. The molecule has 2 fully saturated rings. The number of allylic oxidation sites excluding steroid dienone is 2. The highest BCUT2D eigenvalue weighted by Crippen LogP contribution is 2.60. The molecule has 3 unspecified atom stereocenters. The Bertz CT molecular complexity index is 369. The molecule has 0 aromatic heterocycles. The first-order valence-electron chi connectivity index (χ1n) is 6.92. The summed E-state index contributed by atoms with van der Waals surface area (Å²) in [4.78, 5) is 14.4. The van der Waals surface area contributed by atoms with Crippen LogP contribution in [0.3, 0.4) is 0 Å². The fourth-order valence-electron chi connectivity index (χ4n) is 3.20. The molecule has 1 heterocycles. The summed E-state index contributed by atoms with van der Waals surface area (Å²) in [6.07, 6.45) is 3.19. The van der Waals surface area contributed by atoms with Crippen LogP contribution in [0.2, 0.25) is 0 Å². The molecule has 0 spiro atoms. The van der Waals surface area contributed by atoms with Gasteiger partial charge < -0.3 is 10.0 Å². The molecule has 1 N–H and O–H groups in total. The average molecular weight is 251 g/mol. The highest BCUT2D eigenvalue weighted by molar-refractivity contribution is 5.84. The van der Waals surface area contributed by atoms with Crippen molar-refractivity contribution in [3.63, 3.8) is 0 Å². The topological polar surface area (TPSA) is 40.5 Å². The van der Waals surface area contributed by atoms with E-state index in [-0.39, 0.29) is 23.9 Å². The van der Waals surface area contributed by atoms with Gasteiger partial charge in [0.2, 0.25) is 5.91 Å². The zero-order valence-corrected chi connectivity index (χ0v) is 11.9. The molecule has 2 aliphatic rings. The van der Waals surface area contributed by atoms with Gasteiger partial charge in [-0.25, -0.2) is 0 Å². The van der Waals surface area contributed by atoms with E-state index in [1.165, 1.54) is 5.57 Å². The molecular weight excluding hydrogens is 226 g/mol. The summed E-state index contributed by atoms with van der Waals surface area (Å²) in [6.45, 7) is 10.3. The van der Waals surface area contributed by atoms with E-state index in [9.17, 15) is 4.79 Å². The predicted octanol–water partition coefficient (Wildman–Crippen LogP) is 2.07. The van der Waals surface area contributed by atoms with Gasteiger partial charge in [0.25, 0.3) is 0 Å². The van der Waals surface area contributed by atoms with Crippen LogP contribution < -0.4 is 0 Å². The molecule has 2 rings (SSSR count). The standard InChI is InChI=1S/C15H25NO2/c1-10(2)7-12-13(15(12,3)4)14(18)16-6-5-11(8-16)9-17/h7,11-13,17H,5-6,8-9H2,1-4H3. The Labute approximate surface area is 110 Å². The molecule has 3 heteroatoms. The normalized spacial score (nSPS) is 33.4. The first-order valence-corrected chi connectivity index (χ1v) is 6.92. The van der Waals surface area contributed by atoms with Gasteiger partial charge in [0.1, 0.15) is 0 Å². The SMILES string of the molecule is CC(C)=CC1C(C(=O)N2CCC(CO)C2)C1(C)C. The second kappa shape index (κ2) is 4.69. The van der Waals surface area contributed by atoms with Crippen LogP contribution in [0.4, 0.5) is 0 Å². The van der Waals surface area contributed by atoms with E-state index in [0.29, 0.717) is 11.8 Å². The molecule has 1 saturated heterocycles. The molecule has 18 heavy (non-hydrogen) atoms. The summed E-state index contributed by atoms with van der Waals surface area (Å²) < 4.78 is 0. The lowest BCUT2D eigenvalue weighted by molar-refractivity contribution is -0.132. The first-order chi connectivity index (χ1) is 8.37. The molecule has 1 aliphatic heterocycles. The highest BCUT2D eigenvalue weighted by Gasteiger charge is 2.61. The van der Waals surface area contributed by atoms with Gasteiger partial charge in [0.15, 0.2) is 0 Å². The lowest BCUT2D eigenvalue weighted by atomic mass is 10.1. The Morgan fingerprint density at radius 2 is 2.11 bits per heavy atom. The molecule has 1 saturated carbocycles. The summed E-state index contributed by atoms with van der Waals surface area (Å²) >= 11 is 0. The number of hydrogen-bond donors (Lipinski definition) is 1. The summed E-state index contributed by atoms with van der Waals surface area (Å²) in [5, 5.41) is 9.15. The quantitative estimate of drug-likeness (QED) is 0.780. The molecule has 3 atom stereocenters. The first kappa shape index (κ1) is 13.6. The second-order valence-corrected chi connectivity index (χ2v) is 6.69. The van der Waals surface area contributed by atoms with Crippen LogP contribution >= 0.6 is 0 Å². The Morgan fingerprint density at radius 3 is 2.61 bits per heavy atom. The average Bonchev–Trinajstić information content (AvgIpc) is 2.69. The summed E-state index contributed by atoms with van der Waals surface area (Å²) in [5.41, 5.74) is 1.39. The van der Waals surface area contributed by atoms with Crippen LogP contribution in [-0.4, -0.2) is 35.6 Å². The molecule has 1 amide bonds. The molecule has 0 radical (unpaired) electrons. The van der Waals surface area contributed by atoms with Crippen LogP contribution in [0.1, 0.15) is 34.1 Å². The van der Waals surface area contributed by atoms with Crippen molar-refractivity contribution in [2.24, 2.45) is 23.2 Å². The van der Waals surface area contributed by atoms with Gasteiger partial charge in [-0.1, -0.05) is 25.5 Å². The number of rotatable bonds is 3. The monoisotopic (exact) mass is 251 g/mol. The number of nitrogens with zero attached hydrogens (tertiary/aromatic N) is 1. The van der Waals surface area contributed by atoms with Crippen molar-refractivity contribution in [2.45, 2.75) is 34.1 Å². The van der Waals surface area contributed by atoms with Gasteiger partial charge in [-0.05, 0) is 31.6 Å². The van der Waals surface area contributed by atoms with Crippen LogP contribution in [0.25, 0.3) is 0 Å². The number of aliphatic hydroxyl groups excluding tert-OH is 1. The number of carbonyl (C=O) groups excluding carboxylic acids is 1. The minimum Gasteiger partial charge on any atom is -0.396 e. The molecule has 0 bridgehead atoms. The summed E-state index contributed by atoms with van der Waals surface area (Å²) in [6, 6.07) is 0. The minimum absolute atomic E-state index is 0.103. The van der Waals surface area contributed by atoms with Crippen LogP contribution in [0.15, 0.2) is 11.6 Å². The van der Waals surface area contributed by atoms with Gasteiger partial charge in [-0.2, -0.15) is 0 Å². The fraction of sp³-hybridized carbons (Fsp3) is 0.800. The minimum atomic E-state index is 0.103. The molecule has 3 nitrogen and oxygen atoms in total. The molecule has 102 valence electrons. The maximum absolute atomic E-state index is 12.5. The van der Waals surface area contributed by atoms with Crippen molar-refractivity contribution in [3.8, 4) is 0 Å². The van der Waals surface area contributed by atoms with Crippen molar-refractivity contribution < 1.29 is 9.90 Å². The van der Waals surface area contributed by atoms with E-state index in [4.69, 9.17) is 5.11 Å². The third-order valence-electron chi connectivity index (χ3n) is 4.55. The highest BCUT2D eigenvalue weighted by atomic mass is 16.3. The largest absolute Gasteiger partial charge is 0.396 e. The van der Waals surface area contributed by atoms with Crippen LogP contribution in [0, 0.1) is 23.2 Å². The summed E-state index contributed by atoms with van der Waals surface area (Å²) in [5.74, 6) is 1.11. The Kier molecular flexibility index (Phi) is 3.54. The number of carbonyl (C=O) groups is 1. The molecule has 1 aliphatic carbocycles. The lowest BCUT2D eigenvalue weighted by Crippen LogP contribution is -2.31. The zero-order valence-electron chi connectivity index (χ0n) is 11.9. The van der Waals surface area contributed by atoms with E-state index >= 15 is 0 Å². The number of aliphatic hydroxyl groups is 1. The van der Waals surface area contributed by atoms with Crippen LogP contribution in [-0.2, 0) is 4.79 Å². The maximum atomic E-state index is 12.5. The van der Waals surface area contributed by atoms with E-state index in [0.717, 1.165) is 19.5 Å². The Morgan fingerprint density at radius 1 is 1.44 bits per heavy atom.